The first-order valence-corrected chi connectivity index (χ1v) is 6.36. The molecular weight excluding hydrogens is 312 g/mol. The van der Waals surface area contributed by atoms with Crippen molar-refractivity contribution in [2.24, 2.45) is 0 Å². The molecule has 6 heteroatoms. The van der Waals surface area contributed by atoms with Crippen molar-refractivity contribution in [3.63, 3.8) is 0 Å². The van der Waals surface area contributed by atoms with E-state index in [0.29, 0.717) is 0 Å². The van der Waals surface area contributed by atoms with Gasteiger partial charge in [-0.05, 0) is 23.8 Å². The number of alkyl halides is 3. The second-order valence-electron chi connectivity index (χ2n) is 4.12. The fourth-order valence-electron chi connectivity index (χ4n) is 1.92. The van der Waals surface area contributed by atoms with Crippen LogP contribution in [0.2, 0.25) is 10.0 Å². The average Bonchev–Trinajstić information content (AvgIpc) is 2.37. The Labute approximate surface area is 123 Å². The molecule has 0 aliphatic heterocycles. The summed E-state index contributed by atoms with van der Waals surface area (Å²) in [6.45, 7) is 0. The summed E-state index contributed by atoms with van der Waals surface area (Å²) in [6.07, 6.45) is -6.11. The SMILES string of the molecule is OC(c1ccccc1C(F)(F)F)c1c(Cl)cccc1Cl. The molecule has 0 saturated heterocycles. The lowest BCUT2D eigenvalue weighted by Gasteiger charge is -2.19. The fourth-order valence-corrected chi connectivity index (χ4v) is 2.53. The normalized spacial score (nSPS) is 13.3. The first kappa shape index (κ1) is 15.2. The minimum absolute atomic E-state index is 0.0625. The van der Waals surface area contributed by atoms with Crippen molar-refractivity contribution in [2.45, 2.75) is 12.3 Å². The van der Waals surface area contributed by atoms with Gasteiger partial charge in [-0.2, -0.15) is 13.2 Å². The zero-order valence-electron chi connectivity index (χ0n) is 9.96. The van der Waals surface area contributed by atoms with E-state index in [-0.39, 0.29) is 21.2 Å². The van der Waals surface area contributed by atoms with Crippen LogP contribution in [0, 0.1) is 0 Å². The highest BCUT2D eigenvalue weighted by molar-refractivity contribution is 6.36. The summed E-state index contributed by atoms with van der Waals surface area (Å²) in [5.74, 6) is 0. The number of halogens is 5. The van der Waals surface area contributed by atoms with E-state index in [1.54, 1.807) is 6.07 Å². The summed E-state index contributed by atoms with van der Waals surface area (Å²) >= 11 is 11.8. The zero-order valence-corrected chi connectivity index (χ0v) is 11.5. The molecule has 2 rings (SSSR count). The van der Waals surface area contributed by atoms with Crippen LogP contribution >= 0.6 is 23.2 Å². The molecule has 0 amide bonds. The third-order valence-electron chi connectivity index (χ3n) is 2.83. The van der Waals surface area contributed by atoms with Crippen molar-refractivity contribution in [3.8, 4) is 0 Å². The van der Waals surface area contributed by atoms with Crippen molar-refractivity contribution >= 4 is 23.2 Å². The monoisotopic (exact) mass is 320 g/mol. The Kier molecular flexibility index (Phi) is 4.28. The van der Waals surface area contributed by atoms with Crippen molar-refractivity contribution < 1.29 is 18.3 Å². The highest BCUT2D eigenvalue weighted by Gasteiger charge is 2.35. The van der Waals surface area contributed by atoms with Gasteiger partial charge in [0.2, 0.25) is 0 Å². The molecule has 0 aromatic heterocycles. The van der Waals surface area contributed by atoms with Crippen LogP contribution in [0.15, 0.2) is 42.5 Å². The number of hydrogen-bond donors (Lipinski definition) is 1. The molecule has 0 aliphatic carbocycles. The number of benzene rings is 2. The van der Waals surface area contributed by atoms with E-state index < -0.39 is 17.8 Å². The fraction of sp³-hybridized carbons (Fsp3) is 0.143. The Morgan fingerprint density at radius 2 is 1.45 bits per heavy atom. The summed E-state index contributed by atoms with van der Waals surface area (Å²) < 4.78 is 38.8. The van der Waals surface area contributed by atoms with Gasteiger partial charge in [0.05, 0.1) is 5.56 Å². The van der Waals surface area contributed by atoms with Crippen LogP contribution in [0.5, 0.6) is 0 Å². The molecule has 2 aromatic rings. The summed E-state index contributed by atoms with van der Waals surface area (Å²) in [4.78, 5) is 0. The Morgan fingerprint density at radius 3 is 2.00 bits per heavy atom. The lowest BCUT2D eigenvalue weighted by atomic mass is 9.96. The first-order chi connectivity index (χ1) is 9.32. The van der Waals surface area contributed by atoms with Crippen molar-refractivity contribution in [2.75, 3.05) is 0 Å². The number of rotatable bonds is 2. The van der Waals surface area contributed by atoms with E-state index in [9.17, 15) is 18.3 Å². The highest BCUT2D eigenvalue weighted by Crippen LogP contribution is 2.40. The van der Waals surface area contributed by atoms with Gasteiger partial charge in [0.1, 0.15) is 6.10 Å². The topological polar surface area (TPSA) is 20.2 Å². The maximum absolute atomic E-state index is 12.9. The van der Waals surface area contributed by atoms with Crippen LogP contribution in [0.1, 0.15) is 22.8 Å². The molecule has 2 aromatic carbocycles. The van der Waals surface area contributed by atoms with E-state index in [0.717, 1.165) is 6.07 Å². The Hall–Kier alpha value is -1.23. The average molecular weight is 321 g/mol. The third kappa shape index (κ3) is 2.92. The largest absolute Gasteiger partial charge is 0.416 e. The Morgan fingerprint density at radius 1 is 0.900 bits per heavy atom. The zero-order chi connectivity index (χ0) is 14.9. The van der Waals surface area contributed by atoms with Gasteiger partial charge in [-0.3, -0.25) is 0 Å². The van der Waals surface area contributed by atoms with Gasteiger partial charge in [-0.15, -0.1) is 0 Å². The molecule has 20 heavy (non-hydrogen) atoms. The molecule has 1 atom stereocenters. The number of aliphatic hydroxyl groups excluding tert-OH is 1. The molecule has 1 nitrogen and oxygen atoms in total. The second-order valence-corrected chi connectivity index (χ2v) is 4.94. The summed E-state index contributed by atoms with van der Waals surface area (Å²) in [7, 11) is 0. The summed E-state index contributed by atoms with van der Waals surface area (Å²) in [5.41, 5.74) is -1.13. The minimum Gasteiger partial charge on any atom is -0.384 e. The molecule has 0 spiro atoms. The third-order valence-corrected chi connectivity index (χ3v) is 3.49. The highest BCUT2D eigenvalue weighted by atomic mass is 35.5. The molecule has 0 fully saturated rings. The van der Waals surface area contributed by atoms with Gasteiger partial charge in [0, 0.05) is 15.6 Å². The summed E-state index contributed by atoms with van der Waals surface area (Å²) in [6, 6.07) is 9.25. The van der Waals surface area contributed by atoms with Gasteiger partial charge < -0.3 is 5.11 Å². The van der Waals surface area contributed by atoms with Crippen molar-refractivity contribution in [3.05, 3.63) is 69.2 Å². The molecule has 0 saturated carbocycles. The molecule has 106 valence electrons. The smallest absolute Gasteiger partial charge is 0.384 e. The van der Waals surface area contributed by atoms with Gasteiger partial charge in [0.15, 0.2) is 0 Å². The van der Waals surface area contributed by atoms with Crippen molar-refractivity contribution in [1.82, 2.24) is 0 Å². The number of aliphatic hydroxyl groups is 1. The van der Waals surface area contributed by atoms with Gasteiger partial charge >= 0.3 is 6.18 Å². The molecular formula is C14H9Cl2F3O. The molecule has 1 unspecified atom stereocenters. The van der Waals surface area contributed by atoms with Crippen LogP contribution in [-0.4, -0.2) is 5.11 Å². The molecule has 1 N–H and O–H groups in total. The lowest BCUT2D eigenvalue weighted by Crippen LogP contribution is -2.13. The Bertz CT molecular complexity index is 606. The number of hydrogen-bond acceptors (Lipinski definition) is 1. The van der Waals surface area contributed by atoms with Crippen LogP contribution in [0.3, 0.4) is 0 Å². The predicted octanol–water partition coefficient (Wildman–Crippen LogP) is 5.09. The van der Waals surface area contributed by atoms with Crippen LogP contribution < -0.4 is 0 Å². The molecule has 0 bridgehead atoms. The minimum atomic E-state index is -4.56. The van der Waals surface area contributed by atoms with Gasteiger partial charge in [-0.25, -0.2) is 0 Å². The molecule has 0 heterocycles. The van der Waals surface area contributed by atoms with E-state index in [4.69, 9.17) is 23.2 Å². The van der Waals surface area contributed by atoms with Crippen LogP contribution in [0.25, 0.3) is 0 Å². The van der Waals surface area contributed by atoms with E-state index in [1.807, 2.05) is 0 Å². The van der Waals surface area contributed by atoms with Gasteiger partial charge in [-0.1, -0.05) is 47.5 Å². The lowest BCUT2D eigenvalue weighted by molar-refractivity contribution is -0.139. The van der Waals surface area contributed by atoms with E-state index >= 15 is 0 Å². The van der Waals surface area contributed by atoms with Gasteiger partial charge in [0.25, 0.3) is 0 Å². The first-order valence-electron chi connectivity index (χ1n) is 5.60. The Balaban J connectivity index is 2.58. The van der Waals surface area contributed by atoms with E-state index in [2.05, 4.69) is 0 Å². The second kappa shape index (κ2) is 5.64. The van der Waals surface area contributed by atoms with E-state index in [1.165, 1.54) is 30.3 Å². The standard InChI is InChI=1S/C14H9Cl2F3O/c15-10-6-3-7-11(16)12(10)13(20)8-4-1-2-5-9(8)14(17,18)19/h1-7,13,20H. The molecule has 0 radical (unpaired) electrons. The predicted molar refractivity (Wildman–Crippen MR) is 72.0 cm³/mol. The molecule has 0 aliphatic rings. The van der Waals surface area contributed by atoms with Crippen LogP contribution in [0.4, 0.5) is 13.2 Å². The maximum Gasteiger partial charge on any atom is 0.416 e. The van der Waals surface area contributed by atoms with Crippen LogP contribution in [-0.2, 0) is 6.18 Å². The van der Waals surface area contributed by atoms with Crippen molar-refractivity contribution in [1.29, 1.82) is 0 Å². The maximum atomic E-state index is 12.9. The quantitative estimate of drug-likeness (QED) is 0.816. The summed E-state index contributed by atoms with van der Waals surface area (Å²) in [5, 5.41) is 10.5.